The van der Waals surface area contributed by atoms with Crippen LogP contribution in [0.5, 0.6) is 0 Å². The van der Waals surface area contributed by atoms with Crippen LogP contribution in [0.1, 0.15) is 67.0 Å². The summed E-state index contributed by atoms with van der Waals surface area (Å²) in [5.74, 6) is 0.277. The van der Waals surface area contributed by atoms with Gasteiger partial charge in [0.25, 0.3) is 5.91 Å². The van der Waals surface area contributed by atoms with Gasteiger partial charge in [-0.1, -0.05) is 17.3 Å². The molecule has 2 atom stereocenters. The van der Waals surface area contributed by atoms with Gasteiger partial charge in [0.15, 0.2) is 5.69 Å². The molecule has 6 rings (SSSR count). The van der Waals surface area contributed by atoms with Crippen molar-refractivity contribution >= 4 is 17.5 Å². The van der Waals surface area contributed by atoms with Crippen LogP contribution in [0.4, 0.5) is 11.6 Å². The van der Waals surface area contributed by atoms with Crippen LogP contribution in [0.3, 0.4) is 0 Å². The number of hydrogen-bond donors (Lipinski definition) is 3. The molecule has 1 fully saturated rings. The molecule has 0 saturated carbocycles. The standard InChI is InChI=1S/C29H36N10O2/c1-18-25(14-31-35-18)34-28-30-10-7-23(33-28)19-5-6-22-20(13-19)15-38(21-9-12-41-17-21)11-8-24(22)32-27(40)26-16-39(37-36-26)29(2,3)4/h5-7,10,13-14,16,21,24H,8-9,11-12,15,17H2,1-4H3,(H,31,35)(H,32,40)(H,30,33,34)/t21?,24-/m1/s1. The van der Waals surface area contributed by atoms with Gasteiger partial charge >= 0.3 is 0 Å². The summed E-state index contributed by atoms with van der Waals surface area (Å²) in [6.45, 7) is 11.2. The Kier molecular flexibility index (Phi) is 7.26. The third-order valence-electron chi connectivity index (χ3n) is 7.77. The number of aromatic amines is 1. The molecule has 3 N–H and O–H groups in total. The summed E-state index contributed by atoms with van der Waals surface area (Å²) in [5.41, 5.74) is 5.87. The van der Waals surface area contributed by atoms with E-state index in [9.17, 15) is 4.79 Å². The Labute approximate surface area is 238 Å². The molecule has 1 aromatic carbocycles. The molecule has 4 aromatic rings. The maximum Gasteiger partial charge on any atom is 0.273 e. The Morgan fingerprint density at radius 3 is 2.80 bits per heavy atom. The maximum atomic E-state index is 13.3. The summed E-state index contributed by atoms with van der Waals surface area (Å²) in [6, 6.07) is 8.48. The number of amides is 1. The summed E-state index contributed by atoms with van der Waals surface area (Å²) < 4.78 is 7.43. The summed E-state index contributed by atoms with van der Waals surface area (Å²) in [6.07, 6.45) is 6.97. The van der Waals surface area contributed by atoms with E-state index in [1.165, 1.54) is 0 Å². The smallest absolute Gasteiger partial charge is 0.273 e. The normalized spacial score (nSPS) is 19.5. The fourth-order valence-electron chi connectivity index (χ4n) is 5.37. The summed E-state index contributed by atoms with van der Waals surface area (Å²) in [7, 11) is 0. The van der Waals surface area contributed by atoms with E-state index in [0.29, 0.717) is 17.7 Å². The molecule has 2 aliphatic heterocycles. The molecule has 1 saturated heterocycles. The van der Waals surface area contributed by atoms with E-state index in [-0.39, 0.29) is 17.5 Å². The number of anilines is 2. The first-order chi connectivity index (χ1) is 19.7. The minimum Gasteiger partial charge on any atom is -0.380 e. The highest BCUT2D eigenvalue weighted by Gasteiger charge is 2.30. The highest BCUT2D eigenvalue weighted by Crippen LogP contribution is 2.33. The molecule has 3 aromatic heterocycles. The topological polar surface area (TPSA) is 139 Å². The van der Waals surface area contributed by atoms with E-state index in [1.807, 2.05) is 33.8 Å². The third kappa shape index (κ3) is 5.84. The van der Waals surface area contributed by atoms with E-state index in [1.54, 1.807) is 23.3 Å². The van der Waals surface area contributed by atoms with E-state index >= 15 is 0 Å². The van der Waals surface area contributed by atoms with Crippen LogP contribution >= 0.6 is 0 Å². The number of fused-ring (bicyclic) bond motifs is 1. The Morgan fingerprint density at radius 1 is 1.20 bits per heavy atom. The highest BCUT2D eigenvalue weighted by molar-refractivity contribution is 5.92. The zero-order valence-corrected chi connectivity index (χ0v) is 23.9. The van der Waals surface area contributed by atoms with Crippen LogP contribution in [0, 0.1) is 6.92 Å². The molecule has 1 unspecified atom stereocenters. The van der Waals surface area contributed by atoms with Gasteiger partial charge in [0, 0.05) is 37.5 Å². The number of carbonyl (C=O) groups excluding carboxylic acids is 1. The lowest BCUT2D eigenvalue weighted by Crippen LogP contribution is -2.36. The Hall–Kier alpha value is -4.16. The number of benzene rings is 1. The lowest BCUT2D eigenvalue weighted by Gasteiger charge is -2.26. The van der Waals surface area contributed by atoms with Crippen LogP contribution in [0.25, 0.3) is 11.3 Å². The van der Waals surface area contributed by atoms with Crippen molar-refractivity contribution in [1.82, 2.24) is 45.4 Å². The van der Waals surface area contributed by atoms with Gasteiger partial charge in [-0.2, -0.15) is 5.10 Å². The lowest BCUT2D eigenvalue weighted by molar-refractivity contribution is 0.0924. The van der Waals surface area contributed by atoms with Crippen molar-refractivity contribution in [2.24, 2.45) is 0 Å². The van der Waals surface area contributed by atoms with Crippen LogP contribution in [0.15, 0.2) is 42.9 Å². The first kappa shape index (κ1) is 27.0. The molecular weight excluding hydrogens is 520 g/mol. The predicted molar refractivity (Wildman–Crippen MR) is 154 cm³/mol. The molecule has 1 amide bonds. The average molecular weight is 557 g/mol. The minimum absolute atomic E-state index is 0.162. The second-order valence-electron chi connectivity index (χ2n) is 11.7. The molecule has 5 heterocycles. The van der Waals surface area contributed by atoms with Gasteiger partial charge in [0.1, 0.15) is 0 Å². The van der Waals surface area contributed by atoms with Crippen LogP contribution in [-0.4, -0.2) is 71.8 Å². The monoisotopic (exact) mass is 556 g/mol. The lowest BCUT2D eigenvalue weighted by atomic mass is 9.96. The number of ether oxygens (including phenoxy) is 1. The largest absolute Gasteiger partial charge is 0.380 e. The van der Waals surface area contributed by atoms with Crippen LogP contribution in [-0.2, 0) is 16.8 Å². The van der Waals surface area contributed by atoms with Gasteiger partial charge in [-0.25, -0.2) is 14.6 Å². The first-order valence-electron chi connectivity index (χ1n) is 14.0. The zero-order chi connectivity index (χ0) is 28.6. The van der Waals surface area contributed by atoms with Gasteiger partial charge in [0.2, 0.25) is 5.95 Å². The zero-order valence-electron chi connectivity index (χ0n) is 23.9. The molecule has 2 aliphatic rings. The Bertz CT molecular complexity index is 1530. The van der Waals surface area contributed by atoms with Gasteiger partial charge < -0.3 is 15.4 Å². The number of aryl methyl sites for hydroxylation is 1. The van der Waals surface area contributed by atoms with Crippen molar-refractivity contribution in [2.45, 2.75) is 64.7 Å². The van der Waals surface area contributed by atoms with Gasteiger partial charge in [-0.15, -0.1) is 5.10 Å². The fourth-order valence-corrected chi connectivity index (χ4v) is 5.37. The van der Waals surface area contributed by atoms with Crippen molar-refractivity contribution in [2.75, 3.05) is 25.1 Å². The Balaban J connectivity index is 1.29. The number of nitrogens with one attached hydrogen (secondary N) is 3. The number of rotatable bonds is 6. The van der Waals surface area contributed by atoms with Crippen molar-refractivity contribution < 1.29 is 9.53 Å². The third-order valence-corrected chi connectivity index (χ3v) is 7.77. The molecule has 0 spiro atoms. The molecule has 0 bridgehead atoms. The van der Waals surface area contributed by atoms with Crippen molar-refractivity contribution in [3.8, 4) is 11.3 Å². The van der Waals surface area contributed by atoms with Crippen LogP contribution < -0.4 is 10.6 Å². The van der Waals surface area contributed by atoms with Gasteiger partial charge in [-0.05, 0) is 63.8 Å². The number of nitrogens with zero attached hydrogens (tertiary/aromatic N) is 7. The van der Waals surface area contributed by atoms with E-state index in [4.69, 9.17) is 9.72 Å². The van der Waals surface area contributed by atoms with E-state index < -0.39 is 0 Å². The molecular formula is C29H36N10O2. The second-order valence-corrected chi connectivity index (χ2v) is 11.7. The Morgan fingerprint density at radius 2 is 2.07 bits per heavy atom. The van der Waals surface area contributed by atoms with Gasteiger partial charge in [-0.3, -0.25) is 14.8 Å². The molecule has 214 valence electrons. The fraction of sp³-hybridized carbons (Fsp3) is 0.448. The molecule has 0 radical (unpaired) electrons. The molecule has 12 heteroatoms. The number of H-pyrrole nitrogens is 1. The maximum absolute atomic E-state index is 13.3. The quantitative estimate of drug-likeness (QED) is 0.324. The number of aromatic nitrogens is 7. The summed E-state index contributed by atoms with van der Waals surface area (Å²) >= 11 is 0. The van der Waals surface area contributed by atoms with Crippen molar-refractivity contribution in [3.05, 3.63) is 65.4 Å². The van der Waals surface area contributed by atoms with Crippen molar-refractivity contribution in [3.63, 3.8) is 0 Å². The average Bonchev–Trinajstić information content (AvgIpc) is 3.72. The van der Waals surface area contributed by atoms with E-state index in [2.05, 4.69) is 59.2 Å². The second kappa shape index (κ2) is 11.0. The molecule has 12 nitrogen and oxygen atoms in total. The number of hydrogen-bond acceptors (Lipinski definition) is 9. The molecule has 0 aliphatic carbocycles. The SMILES string of the molecule is Cc1[nH]ncc1Nc1nccc(-c2ccc3c(c2)CN(C2CCOC2)CC[C@H]3NC(=O)c2cn(C(C)(C)C)nn2)n1. The number of carbonyl (C=O) groups is 1. The first-order valence-corrected chi connectivity index (χ1v) is 14.0. The van der Waals surface area contributed by atoms with Crippen molar-refractivity contribution in [1.29, 1.82) is 0 Å². The minimum atomic E-state index is -0.256. The predicted octanol–water partition coefficient (Wildman–Crippen LogP) is 3.73. The van der Waals surface area contributed by atoms with E-state index in [0.717, 1.165) is 72.9 Å². The summed E-state index contributed by atoms with van der Waals surface area (Å²) in [4.78, 5) is 24.9. The highest BCUT2D eigenvalue weighted by atomic mass is 16.5. The summed E-state index contributed by atoms with van der Waals surface area (Å²) in [5, 5.41) is 21.8. The van der Waals surface area contributed by atoms with Gasteiger partial charge in [0.05, 0.1) is 47.7 Å². The molecule has 41 heavy (non-hydrogen) atoms. The van der Waals surface area contributed by atoms with Crippen LogP contribution in [0.2, 0.25) is 0 Å².